The molecule has 1 saturated heterocycles. The fourth-order valence-electron chi connectivity index (χ4n) is 2.64. The average Bonchev–Trinajstić information content (AvgIpc) is 2.81. The van der Waals surface area contributed by atoms with Crippen LogP contribution in [-0.2, 0) is 0 Å². The third-order valence-electron chi connectivity index (χ3n) is 3.62. The van der Waals surface area contributed by atoms with E-state index in [2.05, 4.69) is 36.0 Å². The van der Waals surface area contributed by atoms with Gasteiger partial charge in [-0.05, 0) is 25.7 Å². The maximum atomic E-state index is 11.6. The molecule has 1 fully saturated rings. The first-order chi connectivity index (χ1) is 9.19. The predicted octanol–water partition coefficient (Wildman–Crippen LogP) is 1.34. The summed E-state index contributed by atoms with van der Waals surface area (Å²) in [5.74, 6) is 2.25. The number of rotatable bonds is 2. The van der Waals surface area contributed by atoms with Gasteiger partial charge in [0.2, 0.25) is 0 Å². The number of aromatic amines is 1. The van der Waals surface area contributed by atoms with E-state index in [1.165, 1.54) is 17.2 Å². The quantitative estimate of drug-likeness (QED) is 0.846. The van der Waals surface area contributed by atoms with E-state index in [0.29, 0.717) is 17.4 Å². The topological polar surface area (TPSA) is 66.3 Å². The van der Waals surface area contributed by atoms with Crippen LogP contribution in [0.15, 0.2) is 10.9 Å². The Bertz CT molecular complexity index is 649. The number of H-pyrrole nitrogens is 1. The van der Waals surface area contributed by atoms with Crippen LogP contribution in [0, 0.1) is 12.8 Å². The highest BCUT2D eigenvalue weighted by Crippen LogP contribution is 2.23. The molecule has 0 amide bonds. The smallest absolute Gasteiger partial charge is 0.349 e. The number of hydrogen-bond donors (Lipinski definition) is 1. The van der Waals surface area contributed by atoms with Gasteiger partial charge in [-0.3, -0.25) is 0 Å². The predicted molar refractivity (Wildman–Crippen MR) is 77.1 cm³/mol. The number of fused-ring (bicyclic) bond motifs is 1. The van der Waals surface area contributed by atoms with E-state index in [-0.39, 0.29) is 5.69 Å². The van der Waals surface area contributed by atoms with Crippen molar-refractivity contribution in [1.29, 1.82) is 0 Å². The molecular weight excluding hydrogens is 310 g/mol. The molecule has 0 aromatic carbocycles. The minimum atomic E-state index is -0.233. The molecule has 3 rings (SSSR count). The summed E-state index contributed by atoms with van der Waals surface area (Å²) in [5, 5.41) is 7.50. The number of anilines is 1. The lowest BCUT2D eigenvalue weighted by Crippen LogP contribution is -2.36. The highest BCUT2D eigenvalue weighted by Gasteiger charge is 2.21. The molecule has 1 N–H and O–H groups in total. The molecule has 0 aliphatic carbocycles. The summed E-state index contributed by atoms with van der Waals surface area (Å²) < 4.78 is 1.50. The molecule has 0 spiro atoms. The number of hydrogen-bond acceptors (Lipinski definition) is 4. The fourth-order valence-corrected chi connectivity index (χ4v) is 3.17. The third-order valence-corrected chi connectivity index (χ3v) is 4.53. The summed E-state index contributed by atoms with van der Waals surface area (Å²) in [6, 6.07) is 1.88. The molecule has 0 saturated carbocycles. The molecule has 6 nitrogen and oxygen atoms in total. The first-order valence-electron chi connectivity index (χ1n) is 6.44. The Morgan fingerprint density at radius 2 is 2.42 bits per heavy atom. The Balaban J connectivity index is 1.98. The monoisotopic (exact) mass is 325 g/mol. The fraction of sp³-hybridized carbons (Fsp3) is 0.583. The van der Waals surface area contributed by atoms with Crippen molar-refractivity contribution in [3.8, 4) is 0 Å². The Morgan fingerprint density at radius 1 is 1.58 bits per heavy atom. The lowest BCUT2D eigenvalue weighted by molar-refractivity contribution is 0.452. The van der Waals surface area contributed by atoms with Gasteiger partial charge in [-0.25, -0.2) is 19.3 Å². The van der Waals surface area contributed by atoms with Crippen molar-refractivity contribution < 1.29 is 0 Å². The normalized spacial score (nSPS) is 20.1. The number of aryl methyl sites for hydroxylation is 1. The van der Waals surface area contributed by atoms with Crippen molar-refractivity contribution in [2.24, 2.45) is 5.92 Å². The van der Waals surface area contributed by atoms with Gasteiger partial charge in [-0.2, -0.15) is 5.10 Å². The van der Waals surface area contributed by atoms with Crippen molar-refractivity contribution in [3.63, 3.8) is 0 Å². The van der Waals surface area contributed by atoms with E-state index in [1.54, 1.807) is 0 Å². The van der Waals surface area contributed by atoms with Crippen LogP contribution in [0.4, 0.5) is 5.82 Å². The van der Waals surface area contributed by atoms with Crippen LogP contribution in [0.2, 0.25) is 0 Å². The minimum absolute atomic E-state index is 0.233. The zero-order valence-corrected chi connectivity index (χ0v) is 12.4. The van der Waals surface area contributed by atoms with Crippen LogP contribution in [0.3, 0.4) is 0 Å². The molecule has 1 aliphatic rings. The van der Waals surface area contributed by atoms with E-state index < -0.39 is 0 Å². The number of alkyl halides is 1. The SMILES string of the molecule is Cc1nc(N2CCCC(CBr)C2)cc2n[nH]c(=O)n12. The standard InChI is InChI=1S/C12H16BrN5O/c1-8-14-10(5-11-15-16-12(19)18(8)11)17-4-2-3-9(6-13)7-17/h5,9H,2-4,6-7H2,1H3,(H,16,19). The number of nitrogens with zero attached hydrogens (tertiary/aromatic N) is 4. The van der Waals surface area contributed by atoms with Crippen LogP contribution in [0.1, 0.15) is 18.7 Å². The maximum absolute atomic E-state index is 11.6. The summed E-state index contributed by atoms with van der Waals surface area (Å²) in [6.07, 6.45) is 2.43. The minimum Gasteiger partial charge on any atom is -0.356 e. The summed E-state index contributed by atoms with van der Waals surface area (Å²) in [6.45, 7) is 3.85. The van der Waals surface area contributed by atoms with Gasteiger partial charge < -0.3 is 4.90 Å². The lowest BCUT2D eigenvalue weighted by Gasteiger charge is -2.32. The van der Waals surface area contributed by atoms with Crippen LogP contribution in [0.25, 0.3) is 5.65 Å². The van der Waals surface area contributed by atoms with Crippen LogP contribution in [0.5, 0.6) is 0 Å². The zero-order chi connectivity index (χ0) is 13.4. The van der Waals surface area contributed by atoms with E-state index in [4.69, 9.17) is 0 Å². The summed E-state index contributed by atoms with van der Waals surface area (Å²) in [7, 11) is 0. The molecule has 1 aliphatic heterocycles. The molecule has 2 aromatic rings. The summed E-state index contributed by atoms with van der Waals surface area (Å²) in [4.78, 5) is 18.4. The van der Waals surface area contributed by atoms with E-state index in [9.17, 15) is 4.79 Å². The van der Waals surface area contributed by atoms with Crippen molar-refractivity contribution in [2.45, 2.75) is 19.8 Å². The number of aromatic nitrogens is 4. The van der Waals surface area contributed by atoms with E-state index in [0.717, 1.165) is 24.2 Å². The van der Waals surface area contributed by atoms with Gasteiger partial charge in [-0.15, -0.1) is 0 Å². The Kier molecular flexibility index (Phi) is 3.30. The second-order valence-electron chi connectivity index (χ2n) is 4.99. The van der Waals surface area contributed by atoms with Gasteiger partial charge in [0.1, 0.15) is 11.6 Å². The van der Waals surface area contributed by atoms with Crippen LogP contribution >= 0.6 is 15.9 Å². The molecule has 19 heavy (non-hydrogen) atoms. The van der Waals surface area contributed by atoms with Gasteiger partial charge in [0.05, 0.1) is 0 Å². The van der Waals surface area contributed by atoms with Crippen molar-refractivity contribution >= 4 is 27.4 Å². The second kappa shape index (κ2) is 4.96. The van der Waals surface area contributed by atoms with Crippen LogP contribution in [-0.4, -0.2) is 38.0 Å². The molecule has 1 atom stereocenters. The second-order valence-corrected chi connectivity index (χ2v) is 5.64. The van der Waals surface area contributed by atoms with E-state index >= 15 is 0 Å². The maximum Gasteiger partial charge on any atom is 0.349 e. The molecule has 7 heteroatoms. The van der Waals surface area contributed by atoms with Gasteiger partial charge in [-0.1, -0.05) is 15.9 Å². The lowest BCUT2D eigenvalue weighted by atomic mass is 10.0. The first-order valence-corrected chi connectivity index (χ1v) is 7.57. The Morgan fingerprint density at radius 3 is 3.21 bits per heavy atom. The summed E-state index contributed by atoms with van der Waals surface area (Å²) in [5.41, 5.74) is 0.400. The largest absolute Gasteiger partial charge is 0.356 e. The molecule has 0 radical (unpaired) electrons. The van der Waals surface area contributed by atoms with Gasteiger partial charge in [0, 0.05) is 24.5 Å². The highest BCUT2D eigenvalue weighted by atomic mass is 79.9. The third kappa shape index (κ3) is 2.27. The van der Waals surface area contributed by atoms with Crippen molar-refractivity contribution in [3.05, 3.63) is 22.4 Å². The zero-order valence-electron chi connectivity index (χ0n) is 10.8. The number of halogens is 1. The van der Waals surface area contributed by atoms with Gasteiger partial charge in [0.25, 0.3) is 0 Å². The molecule has 0 bridgehead atoms. The number of nitrogens with one attached hydrogen (secondary N) is 1. The average molecular weight is 326 g/mol. The Labute approximate surface area is 119 Å². The van der Waals surface area contributed by atoms with Gasteiger partial charge in [0.15, 0.2) is 5.65 Å². The highest BCUT2D eigenvalue weighted by molar-refractivity contribution is 9.09. The molecule has 3 heterocycles. The van der Waals surface area contributed by atoms with Gasteiger partial charge >= 0.3 is 5.69 Å². The molecule has 102 valence electrons. The van der Waals surface area contributed by atoms with E-state index in [1.807, 2.05) is 13.0 Å². The Hall–Kier alpha value is -1.37. The van der Waals surface area contributed by atoms with Crippen molar-refractivity contribution in [2.75, 3.05) is 23.3 Å². The molecular formula is C12H16BrN5O. The number of piperidine rings is 1. The molecule has 2 aromatic heterocycles. The van der Waals surface area contributed by atoms with Crippen LogP contribution < -0.4 is 10.6 Å². The first kappa shape index (κ1) is 12.7. The van der Waals surface area contributed by atoms with Crippen molar-refractivity contribution in [1.82, 2.24) is 19.6 Å². The molecule has 1 unspecified atom stereocenters. The summed E-state index contributed by atoms with van der Waals surface area (Å²) >= 11 is 3.56.